The lowest BCUT2D eigenvalue weighted by atomic mass is 9.62. The molecule has 2 unspecified atom stereocenters. The van der Waals surface area contributed by atoms with Crippen molar-refractivity contribution in [2.24, 2.45) is 5.41 Å². The molecular formula is C25H34O2. The van der Waals surface area contributed by atoms with E-state index < -0.39 is 5.97 Å². The summed E-state index contributed by atoms with van der Waals surface area (Å²) in [7, 11) is 0. The summed E-state index contributed by atoms with van der Waals surface area (Å²) in [4.78, 5) is 10.8. The molecule has 0 aliphatic heterocycles. The Labute approximate surface area is 164 Å². The van der Waals surface area contributed by atoms with Gasteiger partial charge in [0, 0.05) is 11.5 Å². The van der Waals surface area contributed by atoms with Crippen molar-refractivity contribution in [3.05, 3.63) is 58.7 Å². The van der Waals surface area contributed by atoms with E-state index in [1.807, 2.05) is 13.0 Å². The molecule has 0 aromatic heterocycles. The van der Waals surface area contributed by atoms with E-state index in [0.29, 0.717) is 0 Å². The van der Waals surface area contributed by atoms with Crippen LogP contribution in [-0.4, -0.2) is 11.1 Å². The molecule has 3 rings (SSSR count). The molecule has 1 saturated carbocycles. The topological polar surface area (TPSA) is 37.3 Å². The van der Waals surface area contributed by atoms with Crippen molar-refractivity contribution >= 4 is 5.97 Å². The molecule has 0 radical (unpaired) electrons. The molecule has 2 aliphatic carbocycles. The Morgan fingerprint density at radius 1 is 1.00 bits per heavy atom. The van der Waals surface area contributed by atoms with Crippen LogP contribution in [0, 0.1) is 5.41 Å². The number of carboxylic acid groups (broad SMARTS) is 1. The summed E-state index contributed by atoms with van der Waals surface area (Å²) < 4.78 is 0. The summed E-state index contributed by atoms with van der Waals surface area (Å²) in [6, 6.07) is 7.17. The van der Waals surface area contributed by atoms with Crippen molar-refractivity contribution in [1.29, 1.82) is 0 Å². The van der Waals surface area contributed by atoms with Gasteiger partial charge in [-0.15, -0.1) is 0 Å². The molecule has 1 aromatic rings. The van der Waals surface area contributed by atoms with E-state index in [4.69, 9.17) is 5.11 Å². The number of hydrogen-bond donors (Lipinski definition) is 1. The highest BCUT2D eigenvalue weighted by Gasteiger charge is 2.60. The largest absolute Gasteiger partial charge is 0.478 e. The summed E-state index contributed by atoms with van der Waals surface area (Å²) in [5.74, 6) is -0.889. The highest BCUT2D eigenvalue weighted by molar-refractivity contribution is 5.81. The van der Waals surface area contributed by atoms with Gasteiger partial charge in [0.15, 0.2) is 0 Å². The minimum Gasteiger partial charge on any atom is -0.478 e. The average molecular weight is 367 g/mol. The zero-order valence-electron chi connectivity index (χ0n) is 17.9. The highest BCUT2D eigenvalue weighted by Crippen LogP contribution is 2.65. The van der Waals surface area contributed by atoms with Crippen molar-refractivity contribution in [3.63, 3.8) is 0 Å². The van der Waals surface area contributed by atoms with Crippen molar-refractivity contribution in [3.8, 4) is 0 Å². The summed E-state index contributed by atoms with van der Waals surface area (Å²) >= 11 is 0. The zero-order chi connectivity index (χ0) is 20.3. The molecule has 2 nitrogen and oxygen atoms in total. The lowest BCUT2D eigenvalue weighted by Crippen LogP contribution is -2.34. The number of carboxylic acids is 1. The third-order valence-corrected chi connectivity index (χ3v) is 7.41. The van der Waals surface area contributed by atoms with Gasteiger partial charge in [-0.3, -0.25) is 0 Å². The first kappa shape index (κ1) is 19.9. The Bertz CT molecular complexity index is 840. The summed E-state index contributed by atoms with van der Waals surface area (Å²) in [5, 5.41) is 8.90. The lowest BCUT2D eigenvalue weighted by molar-refractivity contribution is -0.131. The van der Waals surface area contributed by atoms with Crippen LogP contribution in [0.3, 0.4) is 0 Å². The first-order valence-electron chi connectivity index (χ1n) is 10.1. The Morgan fingerprint density at radius 3 is 2.19 bits per heavy atom. The molecule has 0 bridgehead atoms. The predicted molar refractivity (Wildman–Crippen MR) is 112 cm³/mol. The quantitative estimate of drug-likeness (QED) is 0.502. The van der Waals surface area contributed by atoms with Crippen LogP contribution in [0.1, 0.15) is 84.4 Å². The maximum absolute atomic E-state index is 10.8. The molecular weight excluding hydrogens is 332 g/mol. The van der Waals surface area contributed by atoms with Gasteiger partial charge in [0.2, 0.25) is 0 Å². The SMILES string of the molecule is CC(C=CC1(C)CC1(C)c1ccc2c(c1)C(C)(C)CCC2(C)C)=CC(=O)O. The number of carbonyl (C=O) groups is 1. The molecule has 1 aromatic carbocycles. The fourth-order valence-electron chi connectivity index (χ4n) is 4.86. The van der Waals surface area contributed by atoms with E-state index in [1.54, 1.807) is 0 Å². The van der Waals surface area contributed by atoms with E-state index in [2.05, 4.69) is 65.8 Å². The number of rotatable bonds is 4. The molecule has 0 heterocycles. The van der Waals surface area contributed by atoms with Gasteiger partial charge < -0.3 is 5.11 Å². The van der Waals surface area contributed by atoms with Gasteiger partial charge in [0.1, 0.15) is 0 Å². The number of hydrogen-bond acceptors (Lipinski definition) is 1. The summed E-state index contributed by atoms with van der Waals surface area (Å²) in [6.45, 7) is 16.0. The van der Waals surface area contributed by atoms with Crippen LogP contribution in [0.2, 0.25) is 0 Å². The number of allylic oxidation sites excluding steroid dienone is 3. The Kier molecular flexibility index (Phi) is 4.49. The fourth-order valence-corrected chi connectivity index (χ4v) is 4.86. The maximum Gasteiger partial charge on any atom is 0.328 e. The van der Waals surface area contributed by atoms with E-state index in [1.165, 1.54) is 35.6 Å². The minimum absolute atomic E-state index is 0.0726. The maximum atomic E-state index is 10.8. The summed E-state index contributed by atoms with van der Waals surface area (Å²) in [5.41, 5.74) is 5.87. The van der Waals surface area contributed by atoms with Crippen molar-refractivity contribution in [1.82, 2.24) is 0 Å². The molecule has 1 fully saturated rings. The number of aliphatic carboxylic acids is 1. The predicted octanol–water partition coefficient (Wildman–Crippen LogP) is 6.29. The van der Waals surface area contributed by atoms with Crippen LogP contribution < -0.4 is 0 Å². The average Bonchev–Trinajstić information content (AvgIpc) is 3.13. The Balaban J connectivity index is 1.94. The van der Waals surface area contributed by atoms with E-state index in [-0.39, 0.29) is 21.7 Å². The second-order valence-electron chi connectivity index (χ2n) is 10.5. The van der Waals surface area contributed by atoms with Gasteiger partial charge in [-0.25, -0.2) is 4.79 Å². The van der Waals surface area contributed by atoms with Crippen LogP contribution in [0.5, 0.6) is 0 Å². The van der Waals surface area contributed by atoms with Crippen LogP contribution in [-0.2, 0) is 21.0 Å². The summed E-state index contributed by atoms with van der Waals surface area (Å²) in [6.07, 6.45) is 8.99. The second-order valence-corrected chi connectivity index (χ2v) is 10.5. The fraction of sp³-hybridized carbons (Fsp3) is 0.560. The molecule has 2 atom stereocenters. The third kappa shape index (κ3) is 3.39. The van der Waals surface area contributed by atoms with Crippen LogP contribution in [0.15, 0.2) is 42.0 Å². The molecule has 0 saturated heterocycles. The van der Waals surface area contributed by atoms with Crippen molar-refractivity contribution in [2.75, 3.05) is 0 Å². The molecule has 2 heteroatoms. The third-order valence-electron chi connectivity index (χ3n) is 7.41. The second kappa shape index (κ2) is 6.09. The van der Waals surface area contributed by atoms with Crippen LogP contribution >= 0.6 is 0 Å². The molecule has 2 aliphatic rings. The highest BCUT2D eigenvalue weighted by atomic mass is 16.4. The molecule has 0 spiro atoms. The normalized spacial score (nSPS) is 31.6. The standard InChI is InChI=1S/C25H34O2/c1-17(14-21(26)27)10-11-24(6)16-25(24,7)18-8-9-19-20(15-18)23(4,5)13-12-22(19,2)3/h8-11,14-15H,12-13,16H2,1-7H3,(H,26,27). The molecule has 1 N–H and O–H groups in total. The van der Waals surface area contributed by atoms with Gasteiger partial charge in [0.05, 0.1) is 0 Å². The Morgan fingerprint density at radius 2 is 1.59 bits per heavy atom. The van der Waals surface area contributed by atoms with Gasteiger partial charge in [-0.05, 0) is 64.7 Å². The van der Waals surface area contributed by atoms with Crippen molar-refractivity contribution in [2.45, 2.75) is 84.0 Å². The van der Waals surface area contributed by atoms with Crippen LogP contribution in [0.25, 0.3) is 0 Å². The van der Waals surface area contributed by atoms with E-state index in [0.717, 1.165) is 12.0 Å². The van der Waals surface area contributed by atoms with E-state index >= 15 is 0 Å². The van der Waals surface area contributed by atoms with Crippen LogP contribution in [0.4, 0.5) is 0 Å². The van der Waals surface area contributed by atoms with Gasteiger partial charge >= 0.3 is 5.97 Å². The van der Waals surface area contributed by atoms with Gasteiger partial charge in [0.25, 0.3) is 0 Å². The monoisotopic (exact) mass is 366 g/mol. The smallest absolute Gasteiger partial charge is 0.328 e. The van der Waals surface area contributed by atoms with Crippen molar-refractivity contribution < 1.29 is 9.90 Å². The molecule has 27 heavy (non-hydrogen) atoms. The van der Waals surface area contributed by atoms with Gasteiger partial charge in [-0.2, -0.15) is 0 Å². The number of fused-ring (bicyclic) bond motifs is 1. The lowest BCUT2D eigenvalue weighted by Gasteiger charge is -2.42. The minimum atomic E-state index is -0.889. The molecule has 0 amide bonds. The van der Waals surface area contributed by atoms with Gasteiger partial charge in [-0.1, -0.05) is 71.9 Å². The number of benzene rings is 1. The zero-order valence-corrected chi connectivity index (χ0v) is 17.9. The first-order valence-corrected chi connectivity index (χ1v) is 10.1. The Hall–Kier alpha value is -1.83. The van der Waals surface area contributed by atoms with E-state index in [9.17, 15) is 4.79 Å². The first-order chi connectivity index (χ1) is 12.3. The molecule has 146 valence electrons.